The average molecular weight is 334 g/mol. The van der Waals surface area contributed by atoms with Gasteiger partial charge in [-0.25, -0.2) is 4.39 Å². The Bertz CT molecular complexity index is 622. The molecule has 1 fully saturated rings. The quantitative estimate of drug-likeness (QED) is 0.848. The van der Waals surface area contributed by atoms with Crippen LogP contribution in [-0.2, 0) is 0 Å². The first-order valence-corrected chi connectivity index (χ1v) is 7.76. The van der Waals surface area contributed by atoms with Crippen LogP contribution in [0, 0.1) is 5.82 Å². The van der Waals surface area contributed by atoms with Gasteiger partial charge in [-0.3, -0.25) is 0 Å². The van der Waals surface area contributed by atoms with Gasteiger partial charge in [0, 0.05) is 5.56 Å². The second-order valence-electron chi connectivity index (χ2n) is 5.38. The maximum Gasteiger partial charge on any atom is 0.142 e. The van der Waals surface area contributed by atoms with Crippen LogP contribution in [0.2, 0.25) is 0 Å². The minimum Gasteiger partial charge on any atom is -0.320 e. The van der Waals surface area contributed by atoms with Crippen LogP contribution in [0.4, 0.5) is 4.39 Å². The summed E-state index contributed by atoms with van der Waals surface area (Å²) in [5.41, 5.74) is 9.22. The first kappa shape index (κ1) is 13.8. The molecule has 0 bridgehead atoms. The molecular weight excluding hydrogens is 317 g/mol. The molecule has 1 aliphatic carbocycles. The molecule has 0 aliphatic heterocycles. The fourth-order valence-corrected chi connectivity index (χ4v) is 3.19. The molecule has 2 aromatic rings. The van der Waals surface area contributed by atoms with E-state index in [4.69, 9.17) is 5.73 Å². The van der Waals surface area contributed by atoms with E-state index in [0.717, 1.165) is 5.56 Å². The lowest BCUT2D eigenvalue weighted by Gasteiger charge is -2.29. The Morgan fingerprint density at radius 2 is 1.75 bits per heavy atom. The largest absolute Gasteiger partial charge is 0.320 e. The number of benzene rings is 2. The van der Waals surface area contributed by atoms with Crippen molar-refractivity contribution in [3.8, 4) is 0 Å². The Balaban J connectivity index is 2.02. The lowest BCUT2D eigenvalue weighted by Crippen LogP contribution is -2.19. The van der Waals surface area contributed by atoms with Crippen molar-refractivity contribution in [2.24, 2.45) is 5.73 Å². The summed E-state index contributed by atoms with van der Waals surface area (Å²) in [5.74, 6) is 0.330. The van der Waals surface area contributed by atoms with Crippen LogP contribution in [0.25, 0.3) is 0 Å². The molecule has 1 unspecified atom stereocenters. The minimum absolute atomic E-state index is 0.261. The van der Waals surface area contributed by atoms with Crippen molar-refractivity contribution >= 4 is 15.9 Å². The first-order chi connectivity index (χ1) is 9.68. The third-order valence-electron chi connectivity index (χ3n) is 4.19. The lowest BCUT2D eigenvalue weighted by atomic mass is 9.76. The van der Waals surface area contributed by atoms with E-state index in [1.807, 2.05) is 24.3 Å². The number of nitrogens with two attached hydrogens (primary N) is 1. The predicted octanol–water partition coefficient (Wildman–Crippen LogP) is 4.90. The Morgan fingerprint density at radius 3 is 2.45 bits per heavy atom. The van der Waals surface area contributed by atoms with E-state index in [2.05, 4.69) is 22.0 Å². The summed E-state index contributed by atoms with van der Waals surface area (Å²) in [6.45, 7) is 0. The number of hydrogen-bond donors (Lipinski definition) is 1. The summed E-state index contributed by atoms with van der Waals surface area (Å²) in [4.78, 5) is 0. The monoisotopic (exact) mass is 333 g/mol. The molecule has 0 saturated heterocycles. The van der Waals surface area contributed by atoms with Gasteiger partial charge in [-0.2, -0.15) is 0 Å². The van der Waals surface area contributed by atoms with E-state index >= 15 is 0 Å². The van der Waals surface area contributed by atoms with Crippen molar-refractivity contribution in [2.75, 3.05) is 0 Å². The summed E-state index contributed by atoms with van der Waals surface area (Å²) in [6, 6.07) is 13.1. The summed E-state index contributed by atoms with van der Waals surface area (Å²) in [6.07, 6.45) is 3.70. The smallest absolute Gasteiger partial charge is 0.142 e. The van der Waals surface area contributed by atoms with Gasteiger partial charge in [0.1, 0.15) is 5.82 Å². The molecule has 104 valence electrons. The first-order valence-electron chi connectivity index (χ1n) is 6.97. The van der Waals surface area contributed by atoms with E-state index in [1.165, 1.54) is 24.8 Å². The van der Waals surface area contributed by atoms with Gasteiger partial charge < -0.3 is 5.73 Å². The van der Waals surface area contributed by atoms with E-state index < -0.39 is 6.04 Å². The number of hydrogen-bond acceptors (Lipinski definition) is 1. The molecule has 2 N–H and O–H groups in total. The molecule has 0 radical (unpaired) electrons. The molecule has 3 heteroatoms. The molecule has 0 aromatic heterocycles. The normalized spacial score (nSPS) is 16.8. The van der Waals surface area contributed by atoms with Crippen LogP contribution in [0.1, 0.15) is 47.9 Å². The van der Waals surface area contributed by atoms with E-state index in [-0.39, 0.29) is 5.82 Å². The third kappa shape index (κ3) is 2.40. The molecule has 0 amide bonds. The van der Waals surface area contributed by atoms with Crippen LogP contribution in [0.3, 0.4) is 0 Å². The molecule has 1 aliphatic rings. The molecule has 2 aromatic carbocycles. The summed E-state index contributed by atoms with van der Waals surface area (Å²) in [5, 5.41) is 0. The minimum atomic E-state index is -0.413. The molecule has 1 atom stereocenters. The zero-order valence-corrected chi connectivity index (χ0v) is 12.7. The predicted molar refractivity (Wildman–Crippen MR) is 83.2 cm³/mol. The zero-order valence-electron chi connectivity index (χ0n) is 11.2. The summed E-state index contributed by atoms with van der Waals surface area (Å²) < 4.78 is 14.7. The second-order valence-corrected chi connectivity index (χ2v) is 6.23. The maximum absolute atomic E-state index is 14.2. The van der Waals surface area contributed by atoms with Gasteiger partial charge in [0.25, 0.3) is 0 Å². The number of halogens is 2. The van der Waals surface area contributed by atoms with Gasteiger partial charge in [0.2, 0.25) is 0 Å². The fourth-order valence-electron chi connectivity index (χ4n) is 2.81. The lowest BCUT2D eigenvalue weighted by molar-refractivity contribution is 0.416. The topological polar surface area (TPSA) is 26.0 Å². The molecule has 1 nitrogen and oxygen atoms in total. The highest BCUT2D eigenvalue weighted by molar-refractivity contribution is 9.10. The van der Waals surface area contributed by atoms with E-state index in [1.54, 1.807) is 12.1 Å². The zero-order chi connectivity index (χ0) is 14.1. The van der Waals surface area contributed by atoms with Gasteiger partial charge in [0.15, 0.2) is 0 Å². The van der Waals surface area contributed by atoms with Crippen molar-refractivity contribution in [3.63, 3.8) is 0 Å². The van der Waals surface area contributed by atoms with Crippen LogP contribution in [-0.4, -0.2) is 0 Å². The van der Waals surface area contributed by atoms with Crippen molar-refractivity contribution in [1.29, 1.82) is 0 Å². The van der Waals surface area contributed by atoms with Crippen molar-refractivity contribution in [2.45, 2.75) is 31.2 Å². The molecule has 0 heterocycles. The van der Waals surface area contributed by atoms with Crippen LogP contribution in [0.15, 0.2) is 46.9 Å². The Labute approximate surface area is 127 Å². The Morgan fingerprint density at radius 1 is 1.05 bits per heavy atom. The van der Waals surface area contributed by atoms with Crippen LogP contribution < -0.4 is 5.73 Å². The average Bonchev–Trinajstić information content (AvgIpc) is 2.40. The van der Waals surface area contributed by atoms with Gasteiger partial charge in [-0.1, -0.05) is 42.8 Å². The van der Waals surface area contributed by atoms with Gasteiger partial charge in [-0.15, -0.1) is 0 Å². The highest BCUT2D eigenvalue weighted by Gasteiger charge is 2.25. The molecule has 20 heavy (non-hydrogen) atoms. The van der Waals surface area contributed by atoms with Crippen molar-refractivity contribution in [1.82, 2.24) is 0 Å². The van der Waals surface area contributed by atoms with E-state index in [9.17, 15) is 4.39 Å². The van der Waals surface area contributed by atoms with Gasteiger partial charge >= 0.3 is 0 Å². The SMILES string of the molecule is NC(c1ccccc1C1CCC1)c1cccc(Br)c1F. The second kappa shape index (κ2) is 5.66. The summed E-state index contributed by atoms with van der Waals surface area (Å²) >= 11 is 3.23. The Hall–Kier alpha value is -1.19. The van der Waals surface area contributed by atoms with Gasteiger partial charge in [-0.05, 0) is 51.9 Å². The number of rotatable bonds is 3. The highest BCUT2D eigenvalue weighted by atomic mass is 79.9. The molecular formula is C17H17BrFN. The van der Waals surface area contributed by atoms with Crippen LogP contribution in [0.5, 0.6) is 0 Å². The van der Waals surface area contributed by atoms with E-state index in [0.29, 0.717) is 16.0 Å². The highest BCUT2D eigenvalue weighted by Crippen LogP contribution is 2.40. The third-order valence-corrected chi connectivity index (χ3v) is 4.81. The van der Waals surface area contributed by atoms with Crippen molar-refractivity contribution in [3.05, 3.63) is 69.4 Å². The maximum atomic E-state index is 14.2. The molecule has 3 rings (SSSR count). The standard InChI is InChI=1S/C17H17BrFN/c18-15-10-4-9-14(16(15)19)17(20)13-8-2-1-7-12(13)11-5-3-6-11/h1-2,4,7-11,17H,3,5-6,20H2. The molecule has 1 saturated carbocycles. The summed E-state index contributed by atoms with van der Waals surface area (Å²) in [7, 11) is 0. The van der Waals surface area contributed by atoms with Crippen LogP contribution >= 0.6 is 15.9 Å². The van der Waals surface area contributed by atoms with Crippen molar-refractivity contribution < 1.29 is 4.39 Å². The van der Waals surface area contributed by atoms with Gasteiger partial charge in [0.05, 0.1) is 10.5 Å². The fraction of sp³-hybridized carbons (Fsp3) is 0.294. The molecule has 0 spiro atoms. The Kier molecular flexibility index (Phi) is 3.90.